The molecule has 5 nitrogen and oxygen atoms in total. The molecule has 0 bridgehead atoms. The van der Waals surface area contributed by atoms with Gasteiger partial charge >= 0.3 is 0 Å². The van der Waals surface area contributed by atoms with Gasteiger partial charge in [0.05, 0.1) is 25.8 Å². The highest BCUT2D eigenvalue weighted by Gasteiger charge is 2.24. The number of carbonyl (C=O) groups excluding carboxylic acids is 1. The number of fused-ring (bicyclic) bond motifs is 1. The number of amides is 1. The number of rotatable bonds is 4. The number of hydrogen-bond donors (Lipinski definition) is 1. The van der Waals surface area contributed by atoms with Crippen molar-refractivity contribution in [2.75, 3.05) is 26.3 Å². The van der Waals surface area contributed by atoms with Crippen LogP contribution in [0.1, 0.15) is 36.7 Å². The molecule has 1 N–H and O–H groups in total. The van der Waals surface area contributed by atoms with E-state index in [1.165, 1.54) is 5.56 Å². The summed E-state index contributed by atoms with van der Waals surface area (Å²) in [6.07, 6.45) is 0.855. The molecule has 2 aliphatic rings. The lowest BCUT2D eigenvalue weighted by Gasteiger charge is -2.31. The SMILES string of the molecule is CC(C)c1ccc2c(n1)CCN(C(=O)CNC1COC1)C2. The summed E-state index contributed by atoms with van der Waals surface area (Å²) in [5.41, 5.74) is 3.48. The van der Waals surface area contributed by atoms with Crippen molar-refractivity contribution in [3.05, 3.63) is 29.1 Å². The molecule has 2 aliphatic heterocycles. The van der Waals surface area contributed by atoms with Crippen molar-refractivity contribution in [2.24, 2.45) is 0 Å². The van der Waals surface area contributed by atoms with Gasteiger partial charge in [0.15, 0.2) is 0 Å². The first-order valence-electron chi connectivity index (χ1n) is 7.71. The molecule has 0 aromatic carbocycles. The molecular formula is C16H23N3O2. The second-order valence-electron chi connectivity index (χ2n) is 6.18. The zero-order valence-electron chi connectivity index (χ0n) is 12.8. The van der Waals surface area contributed by atoms with Crippen LogP contribution in [0.5, 0.6) is 0 Å². The third-order valence-corrected chi connectivity index (χ3v) is 4.19. The fourth-order valence-corrected chi connectivity index (χ4v) is 2.66. The lowest BCUT2D eigenvalue weighted by atomic mass is 10.0. The Bertz CT molecular complexity index is 526. The molecule has 3 heterocycles. The Labute approximate surface area is 125 Å². The first-order valence-corrected chi connectivity index (χ1v) is 7.71. The number of ether oxygens (including phenoxy) is 1. The summed E-state index contributed by atoms with van der Waals surface area (Å²) >= 11 is 0. The molecule has 0 saturated carbocycles. The van der Waals surface area contributed by atoms with E-state index in [2.05, 4.69) is 31.3 Å². The molecule has 1 fully saturated rings. The van der Waals surface area contributed by atoms with Crippen LogP contribution in [0.4, 0.5) is 0 Å². The number of hydrogen-bond acceptors (Lipinski definition) is 4. The molecular weight excluding hydrogens is 266 g/mol. The van der Waals surface area contributed by atoms with E-state index in [0.717, 1.165) is 37.6 Å². The van der Waals surface area contributed by atoms with Gasteiger partial charge in [-0.1, -0.05) is 19.9 Å². The molecule has 0 aliphatic carbocycles. The van der Waals surface area contributed by atoms with Crippen LogP contribution < -0.4 is 5.32 Å². The topological polar surface area (TPSA) is 54.5 Å². The maximum atomic E-state index is 12.2. The molecule has 1 aromatic heterocycles. The number of nitrogens with zero attached hydrogens (tertiary/aromatic N) is 2. The first-order chi connectivity index (χ1) is 10.1. The largest absolute Gasteiger partial charge is 0.378 e. The summed E-state index contributed by atoms with van der Waals surface area (Å²) in [7, 11) is 0. The zero-order valence-corrected chi connectivity index (χ0v) is 12.8. The highest BCUT2D eigenvalue weighted by Crippen LogP contribution is 2.20. The molecule has 0 unspecified atom stereocenters. The van der Waals surface area contributed by atoms with Crippen LogP contribution in [-0.4, -0.2) is 48.1 Å². The van der Waals surface area contributed by atoms with Crippen molar-refractivity contribution in [2.45, 2.75) is 38.8 Å². The second kappa shape index (κ2) is 6.12. The minimum Gasteiger partial charge on any atom is -0.378 e. The molecule has 0 spiro atoms. The van der Waals surface area contributed by atoms with Gasteiger partial charge in [-0.15, -0.1) is 0 Å². The van der Waals surface area contributed by atoms with E-state index < -0.39 is 0 Å². The molecule has 3 rings (SSSR count). The Kier molecular flexibility index (Phi) is 4.22. The van der Waals surface area contributed by atoms with Gasteiger partial charge < -0.3 is 15.0 Å². The van der Waals surface area contributed by atoms with Crippen molar-refractivity contribution in [1.29, 1.82) is 0 Å². The number of nitrogens with one attached hydrogen (secondary N) is 1. The molecule has 1 amide bonds. The third-order valence-electron chi connectivity index (χ3n) is 4.19. The number of carbonyl (C=O) groups is 1. The fraction of sp³-hybridized carbons (Fsp3) is 0.625. The van der Waals surface area contributed by atoms with Crippen LogP contribution in [0.2, 0.25) is 0 Å². The lowest BCUT2D eigenvalue weighted by molar-refractivity contribution is -0.131. The van der Waals surface area contributed by atoms with Crippen LogP contribution in [-0.2, 0) is 22.5 Å². The Balaban J connectivity index is 1.59. The molecule has 1 aromatic rings. The van der Waals surface area contributed by atoms with E-state index in [0.29, 0.717) is 25.0 Å². The molecule has 1 saturated heterocycles. The van der Waals surface area contributed by atoms with Crippen molar-refractivity contribution in [3.63, 3.8) is 0 Å². The van der Waals surface area contributed by atoms with Crippen LogP contribution in [0.15, 0.2) is 12.1 Å². The van der Waals surface area contributed by atoms with Crippen molar-refractivity contribution in [3.8, 4) is 0 Å². The summed E-state index contributed by atoms with van der Waals surface area (Å²) in [6.45, 7) is 7.61. The van der Waals surface area contributed by atoms with E-state index >= 15 is 0 Å². The lowest BCUT2D eigenvalue weighted by Crippen LogP contribution is -2.50. The smallest absolute Gasteiger partial charge is 0.236 e. The monoisotopic (exact) mass is 289 g/mol. The van der Waals surface area contributed by atoms with Crippen LogP contribution in [0.3, 0.4) is 0 Å². The standard InChI is InChI=1S/C16H23N3O2/c1-11(2)14-4-3-12-8-19(6-5-15(12)18-14)16(20)7-17-13-9-21-10-13/h3-4,11,13,17H,5-10H2,1-2H3. The van der Waals surface area contributed by atoms with E-state index in [-0.39, 0.29) is 5.91 Å². The van der Waals surface area contributed by atoms with Gasteiger partial charge in [-0.3, -0.25) is 9.78 Å². The molecule has 21 heavy (non-hydrogen) atoms. The van der Waals surface area contributed by atoms with Gasteiger partial charge in [0.25, 0.3) is 0 Å². The highest BCUT2D eigenvalue weighted by molar-refractivity contribution is 5.78. The van der Waals surface area contributed by atoms with Crippen LogP contribution >= 0.6 is 0 Å². The van der Waals surface area contributed by atoms with Crippen molar-refractivity contribution in [1.82, 2.24) is 15.2 Å². The predicted octanol–water partition coefficient (Wildman–Crippen LogP) is 1.08. The predicted molar refractivity (Wildman–Crippen MR) is 80.1 cm³/mol. The third kappa shape index (κ3) is 3.24. The summed E-state index contributed by atoms with van der Waals surface area (Å²) in [5, 5.41) is 3.23. The minimum absolute atomic E-state index is 0.167. The van der Waals surface area contributed by atoms with Gasteiger partial charge in [-0.05, 0) is 17.5 Å². The Morgan fingerprint density at radius 3 is 2.95 bits per heavy atom. The maximum Gasteiger partial charge on any atom is 0.236 e. The maximum absolute atomic E-state index is 12.2. The van der Waals surface area contributed by atoms with Gasteiger partial charge in [-0.25, -0.2) is 0 Å². The van der Waals surface area contributed by atoms with Crippen molar-refractivity contribution >= 4 is 5.91 Å². The zero-order chi connectivity index (χ0) is 14.8. The average Bonchev–Trinajstić information content (AvgIpc) is 2.44. The quantitative estimate of drug-likeness (QED) is 0.901. The number of pyridine rings is 1. The highest BCUT2D eigenvalue weighted by atomic mass is 16.5. The summed E-state index contributed by atoms with van der Waals surface area (Å²) < 4.78 is 5.09. The van der Waals surface area contributed by atoms with Gasteiger partial charge in [0, 0.05) is 30.9 Å². The average molecular weight is 289 g/mol. The Morgan fingerprint density at radius 2 is 2.29 bits per heavy atom. The van der Waals surface area contributed by atoms with Gasteiger partial charge in [-0.2, -0.15) is 0 Å². The first kappa shape index (κ1) is 14.5. The Hall–Kier alpha value is -1.46. The summed E-state index contributed by atoms with van der Waals surface area (Å²) in [4.78, 5) is 18.9. The molecule has 0 radical (unpaired) electrons. The van der Waals surface area contributed by atoms with E-state index in [9.17, 15) is 4.79 Å². The van der Waals surface area contributed by atoms with E-state index in [1.54, 1.807) is 0 Å². The Morgan fingerprint density at radius 1 is 1.48 bits per heavy atom. The van der Waals surface area contributed by atoms with Crippen LogP contribution in [0.25, 0.3) is 0 Å². The fourth-order valence-electron chi connectivity index (χ4n) is 2.66. The summed E-state index contributed by atoms with van der Waals surface area (Å²) in [5.74, 6) is 0.615. The minimum atomic E-state index is 0.167. The summed E-state index contributed by atoms with van der Waals surface area (Å²) in [6, 6.07) is 4.56. The van der Waals surface area contributed by atoms with Crippen molar-refractivity contribution < 1.29 is 9.53 Å². The number of aromatic nitrogens is 1. The normalized spacial score (nSPS) is 18.5. The molecule has 114 valence electrons. The van der Waals surface area contributed by atoms with E-state index in [1.807, 2.05) is 4.90 Å². The molecule has 0 atom stereocenters. The van der Waals surface area contributed by atoms with Gasteiger partial charge in [0.1, 0.15) is 0 Å². The second-order valence-corrected chi connectivity index (χ2v) is 6.18. The molecule has 5 heteroatoms. The van der Waals surface area contributed by atoms with Gasteiger partial charge in [0.2, 0.25) is 5.91 Å². The van der Waals surface area contributed by atoms with Crippen LogP contribution in [0, 0.1) is 0 Å². The van der Waals surface area contributed by atoms with E-state index in [4.69, 9.17) is 9.72 Å².